The predicted octanol–water partition coefficient (Wildman–Crippen LogP) is 4.83. The molecule has 106 valence electrons. The van der Waals surface area contributed by atoms with E-state index in [4.69, 9.17) is 17.3 Å². The number of aromatic nitrogens is 1. The molecule has 3 N–H and O–H groups in total. The van der Waals surface area contributed by atoms with Gasteiger partial charge in [0.1, 0.15) is 5.82 Å². The summed E-state index contributed by atoms with van der Waals surface area (Å²) in [5, 5.41) is 6.13. The Bertz CT molecular complexity index is 828. The van der Waals surface area contributed by atoms with Crippen LogP contribution in [0.4, 0.5) is 17.2 Å². The maximum atomic E-state index is 6.06. The van der Waals surface area contributed by atoms with Crippen LogP contribution in [0.5, 0.6) is 0 Å². The monoisotopic (exact) mass is 297 g/mol. The van der Waals surface area contributed by atoms with Crippen molar-refractivity contribution in [3.63, 3.8) is 0 Å². The van der Waals surface area contributed by atoms with Crippen molar-refractivity contribution < 1.29 is 0 Å². The van der Waals surface area contributed by atoms with Crippen LogP contribution in [0.15, 0.2) is 42.5 Å². The van der Waals surface area contributed by atoms with Gasteiger partial charge in [0, 0.05) is 32.9 Å². The van der Waals surface area contributed by atoms with Gasteiger partial charge in [-0.2, -0.15) is 0 Å². The van der Waals surface area contributed by atoms with Crippen LogP contribution < -0.4 is 11.1 Å². The predicted molar refractivity (Wildman–Crippen MR) is 90.4 cm³/mol. The topological polar surface area (TPSA) is 50.9 Å². The van der Waals surface area contributed by atoms with E-state index in [-0.39, 0.29) is 0 Å². The Kier molecular flexibility index (Phi) is 3.43. The third-order valence-electron chi connectivity index (χ3n) is 3.48. The van der Waals surface area contributed by atoms with Gasteiger partial charge >= 0.3 is 0 Å². The first kappa shape index (κ1) is 13.7. The van der Waals surface area contributed by atoms with Crippen LogP contribution in [0.3, 0.4) is 0 Å². The molecule has 0 unspecified atom stereocenters. The fourth-order valence-electron chi connectivity index (χ4n) is 2.42. The summed E-state index contributed by atoms with van der Waals surface area (Å²) >= 11 is 6.00. The first-order valence-corrected chi connectivity index (χ1v) is 7.11. The lowest BCUT2D eigenvalue weighted by molar-refractivity contribution is 1.22. The van der Waals surface area contributed by atoms with Gasteiger partial charge in [0.05, 0.1) is 0 Å². The Morgan fingerprint density at radius 3 is 2.62 bits per heavy atom. The van der Waals surface area contributed by atoms with Gasteiger partial charge in [-0.1, -0.05) is 23.7 Å². The molecule has 21 heavy (non-hydrogen) atoms. The highest BCUT2D eigenvalue weighted by atomic mass is 35.5. The maximum Gasteiger partial charge on any atom is 0.138 e. The molecule has 0 spiro atoms. The molecular formula is C17H16ClN3. The molecule has 1 aromatic heterocycles. The Hall–Kier alpha value is -2.26. The average molecular weight is 298 g/mol. The Morgan fingerprint density at radius 2 is 1.86 bits per heavy atom. The number of nitrogens with one attached hydrogen (secondary N) is 1. The van der Waals surface area contributed by atoms with E-state index in [1.54, 1.807) is 0 Å². The van der Waals surface area contributed by atoms with Crippen LogP contribution >= 0.6 is 11.6 Å². The number of fused-ring (bicyclic) bond motifs is 1. The molecule has 3 nitrogen and oxygen atoms in total. The number of hydrogen-bond acceptors (Lipinski definition) is 3. The quantitative estimate of drug-likeness (QED) is 0.666. The molecule has 3 rings (SSSR count). The second-order valence-corrected chi connectivity index (χ2v) is 5.58. The van der Waals surface area contributed by atoms with Crippen molar-refractivity contribution in [2.45, 2.75) is 13.8 Å². The lowest BCUT2D eigenvalue weighted by Gasteiger charge is -2.13. The second-order valence-electron chi connectivity index (χ2n) is 5.14. The minimum Gasteiger partial charge on any atom is -0.398 e. The minimum absolute atomic E-state index is 0.726. The summed E-state index contributed by atoms with van der Waals surface area (Å²) in [6.45, 7) is 3.98. The molecule has 0 bridgehead atoms. The van der Waals surface area contributed by atoms with E-state index in [0.29, 0.717) is 0 Å². The summed E-state index contributed by atoms with van der Waals surface area (Å²) in [5.41, 5.74) is 9.81. The Morgan fingerprint density at radius 1 is 1.05 bits per heavy atom. The Labute approximate surface area is 128 Å². The van der Waals surface area contributed by atoms with Crippen molar-refractivity contribution in [3.8, 4) is 0 Å². The summed E-state index contributed by atoms with van der Waals surface area (Å²) in [5.74, 6) is 0.808. The molecule has 0 amide bonds. The maximum absolute atomic E-state index is 6.06. The molecule has 3 aromatic rings. The van der Waals surface area contributed by atoms with Crippen molar-refractivity contribution >= 4 is 39.6 Å². The van der Waals surface area contributed by atoms with Gasteiger partial charge in [-0.25, -0.2) is 4.98 Å². The molecular weight excluding hydrogens is 282 g/mol. The van der Waals surface area contributed by atoms with E-state index in [9.17, 15) is 0 Å². The van der Waals surface area contributed by atoms with Gasteiger partial charge in [0.15, 0.2) is 0 Å². The lowest BCUT2D eigenvalue weighted by atomic mass is 10.1. The van der Waals surface area contributed by atoms with Gasteiger partial charge in [-0.15, -0.1) is 0 Å². The van der Waals surface area contributed by atoms with Crippen molar-refractivity contribution in [2.75, 3.05) is 11.1 Å². The number of anilines is 3. The number of hydrogen-bond donors (Lipinski definition) is 2. The van der Waals surface area contributed by atoms with Crippen molar-refractivity contribution in [2.24, 2.45) is 0 Å². The summed E-state index contributed by atoms with van der Waals surface area (Å²) in [4.78, 5) is 4.60. The summed E-state index contributed by atoms with van der Waals surface area (Å²) in [6.07, 6.45) is 0. The van der Waals surface area contributed by atoms with E-state index in [1.807, 2.05) is 56.3 Å². The third kappa shape index (κ3) is 2.65. The van der Waals surface area contributed by atoms with Crippen LogP contribution in [-0.2, 0) is 0 Å². The van der Waals surface area contributed by atoms with E-state index in [0.717, 1.165) is 44.2 Å². The normalized spacial score (nSPS) is 10.8. The zero-order valence-corrected chi connectivity index (χ0v) is 12.7. The molecule has 2 aromatic carbocycles. The van der Waals surface area contributed by atoms with Crippen molar-refractivity contribution in [1.29, 1.82) is 0 Å². The smallest absolute Gasteiger partial charge is 0.138 e. The zero-order valence-electron chi connectivity index (χ0n) is 11.9. The van der Waals surface area contributed by atoms with Gasteiger partial charge in [0.2, 0.25) is 0 Å². The number of benzene rings is 2. The van der Waals surface area contributed by atoms with Crippen LogP contribution in [0.1, 0.15) is 11.3 Å². The molecule has 4 heteroatoms. The van der Waals surface area contributed by atoms with E-state index in [1.165, 1.54) is 0 Å². The van der Waals surface area contributed by atoms with Crippen LogP contribution in [0.25, 0.3) is 10.8 Å². The molecule has 0 fully saturated rings. The highest BCUT2D eigenvalue weighted by Gasteiger charge is 2.08. The number of rotatable bonds is 2. The molecule has 0 aliphatic carbocycles. The first-order valence-electron chi connectivity index (χ1n) is 6.73. The molecule has 0 saturated heterocycles. The van der Waals surface area contributed by atoms with Gasteiger partial charge in [-0.3, -0.25) is 0 Å². The standard InChI is InChI=1S/C17H16ClN3/c1-10-8-12(18)6-7-16(10)21-17-13-4-3-5-15(19)14(13)9-11(2)20-17/h3-9H,19H2,1-2H3,(H,20,21). The summed E-state index contributed by atoms with van der Waals surface area (Å²) in [6, 6.07) is 13.6. The van der Waals surface area contributed by atoms with Gasteiger partial charge in [0.25, 0.3) is 0 Å². The van der Waals surface area contributed by atoms with Crippen molar-refractivity contribution in [1.82, 2.24) is 4.98 Å². The number of nitrogens with two attached hydrogens (primary N) is 1. The lowest BCUT2D eigenvalue weighted by Crippen LogP contribution is -1.99. The van der Waals surface area contributed by atoms with E-state index in [2.05, 4.69) is 10.3 Å². The summed E-state index contributed by atoms with van der Waals surface area (Å²) in [7, 11) is 0. The molecule has 1 heterocycles. The van der Waals surface area contributed by atoms with Gasteiger partial charge < -0.3 is 11.1 Å². The zero-order chi connectivity index (χ0) is 15.0. The third-order valence-corrected chi connectivity index (χ3v) is 3.71. The summed E-state index contributed by atoms with van der Waals surface area (Å²) < 4.78 is 0. The van der Waals surface area contributed by atoms with Crippen LogP contribution in [0.2, 0.25) is 5.02 Å². The van der Waals surface area contributed by atoms with Crippen LogP contribution in [-0.4, -0.2) is 4.98 Å². The number of aryl methyl sites for hydroxylation is 2. The Balaban J connectivity index is 2.14. The number of halogens is 1. The fraction of sp³-hybridized carbons (Fsp3) is 0.118. The molecule has 0 aliphatic rings. The molecule has 0 saturated carbocycles. The number of nitrogen functional groups attached to an aromatic ring is 1. The van der Waals surface area contributed by atoms with Crippen LogP contribution in [0, 0.1) is 13.8 Å². The highest BCUT2D eigenvalue weighted by Crippen LogP contribution is 2.30. The number of pyridine rings is 1. The van der Waals surface area contributed by atoms with E-state index >= 15 is 0 Å². The SMILES string of the molecule is Cc1cc2c(N)cccc2c(Nc2ccc(Cl)cc2C)n1. The fourth-order valence-corrected chi connectivity index (χ4v) is 2.65. The highest BCUT2D eigenvalue weighted by molar-refractivity contribution is 6.30. The van der Waals surface area contributed by atoms with Gasteiger partial charge in [-0.05, 0) is 49.7 Å². The number of nitrogens with zero attached hydrogens (tertiary/aromatic N) is 1. The molecule has 0 aliphatic heterocycles. The molecule has 0 atom stereocenters. The largest absolute Gasteiger partial charge is 0.398 e. The first-order chi connectivity index (χ1) is 10.0. The van der Waals surface area contributed by atoms with Crippen molar-refractivity contribution in [3.05, 3.63) is 58.7 Å². The van der Waals surface area contributed by atoms with E-state index < -0.39 is 0 Å². The minimum atomic E-state index is 0.726. The second kappa shape index (κ2) is 5.26. The molecule has 0 radical (unpaired) electrons. The average Bonchev–Trinajstić information content (AvgIpc) is 2.43.